The average Bonchev–Trinajstić information content (AvgIpc) is 2.68. The normalized spacial score (nSPS) is 11.2. The van der Waals surface area contributed by atoms with Crippen molar-refractivity contribution in [1.82, 2.24) is 4.98 Å². The monoisotopic (exact) mass is 377 g/mol. The van der Waals surface area contributed by atoms with E-state index < -0.39 is 18.1 Å². The first-order valence-corrected chi connectivity index (χ1v) is 9.21. The predicted octanol–water partition coefficient (Wildman–Crippen LogP) is 5.33. The van der Waals surface area contributed by atoms with E-state index in [9.17, 15) is 13.6 Å². The quantitative estimate of drug-likeness (QED) is 0.371. The van der Waals surface area contributed by atoms with Crippen molar-refractivity contribution in [2.45, 2.75) is 45.0 Å². The fourth-order valence-corrected chi connectivity index (χ4v) is 2.45. The molecule has 2 rings (SSSR count). The number of unbranched alkanes of at least 4 members (excludes halogenated alkanes) is 2. The van der Waals surface area contributed by atoms with Gasteiger partial charge in [-0.05, 0) is 43.5 Å². The van der Waals surface area contributed by atoms with Gasteiger partial charge in [-0.3, -0.25) is 9.78 Å². The second-order valence-electron chi connectivity index (χ2n) is 6.26. The first kappa shape index (κ1) is 20.8. The van der Waals surface area contributed by atoms with Gasteiger partial charge in [0.15, 0.2) is 0 Å². The molecular weight excluding hydrogens is 352 g/mol. The molecule has 0 saturated carbocycles. The van der Waals surface area contributed by atoms with Crippen molar-refractivity contribution in [3.63, 3.8) is 0 Å². The molecule has 1 aromatic heterocycles. The Morgan fingerprint density at radius 3 is 2.37 bits per heavy atom. The molecule has 0 spiro atoms. The van der Waals surface area contributed by atoms with Crippen LogP contribution in [0.1, 0.15) is 49.4 Å². The van der Waals surface area contributed by atoms with Crippen LogP contribution < -0.4 is 9.47 Å². The van der Waals surface area contributed by atoms with Gasteiger partial charge in [0, 0.05) is 30.4 Å². The van der Waals surface area contributed by atoms with E-state index in [0.29, 0.717) is 25.4 Å². The summed E-state index contributed by atoms with van der Waals surface area (Å²) in [5.74, 6) is -3.21. The van der Waals surface area contributed by atoms with Crippen molar-refractivity contribution in [2.75, 3.05) is 13.2 Å². The molecule has 0 N–H and O–H groups in total. The predicted molar refractivity (Wildman–Crippen MR) is 99.7 cm³/mol. The lowest BCUT2D eigenvalue weighted by atomic mass is 10.0. The van der Waals surface area contributed by atoms with E-state index in [1.807, 2.05) is 12.1 Å². The average molecular weight is 377 g/mol. The highest BCUT2D eigenvalue weighted by Crippen LogP contribution is 2.26. The number of aromatic nitrogens is 1. The smallest absolute Gasteiger partial charge is 0.309 e. The standard InChI is InChI=1S/C21H25F2NO3/c1-2-3-13-26-18-9-6-10-19(15-18)27-14-5-4-11-21(22,23)20(25)17-8-7-12-24-16-17/h6-10,12,15-16H,2-5,11,13-14H2,1H3. The molecule has 0 unspecified atom stereocenters. The number of hydrogen-bond donors (Lipinski definition) is 0. The van der Waals surface area contributed by atoms with Gasteiger partial charge in [0.25, 0.3) is 0 Å². The summed E-state index contributed by atoms with van der Waals surface area (Å²) in [7, 11) is 0. The molecule has 0 atom stereocenters. The summed E-state index contributed by atoms with van der Waals surface area (Å²) in [6.07, 6.45) is 4.75. The van der Waals surface area contributed by atoms with Crippen molar-refractivity contribution >= 4 is 5.78 Å². The third-order valence-corrected chi connectivity index (χ3v) is 3.98. The Morgan fingerprint density at radius 2 is 1.74 bits per heavy atom. The molecule has 1 aromatic carbocycles. The molecule has 0 aliphatic carbocycles. The maximum Gasteiger partial charge on any atom is 0.309 e. The van der Waals surface area contributed by atoms with Gasteiger partial charge in [-0.2, -0.15) is 8.78 Å². The van der Waals surface area contributed by atoms with E-state index in [1.54, 1.807) is 12.1 Å². The highest BCUT2D eigenvalue weighted by Gasteiger charge is 2.38. The molecular formula is C21H25F2NO3. The zero-order valence-electron chi connectivity index (χ0n) is 15.5. The minimum absolute atomic E-state index is 0.0707. The van der Waals surface area contributed by atoms with Gasteiger partial charge in [0.2, 0.25) is 5.78 Å². The third kappa shape index (κ3) is 6.96. The lowest BCUT2D eigenvalue weighted by Gasteiger charge is -2.15. The summed E-state index contributed by atoms with van der Waals surface area (Å²) in [6, 6.07) is 10.1. The summed E-state index contributed by atoms with van der Waals surface area (Å²) < 4.78 is 39.2. The van der Waals surface area contributed by atoms with Gasteiger partial charge in [-0.1, -0.05) is 19.4 Å². The van der Waals surface area contributed by atoms with E-state index in [1.165, 1.54) is 18.3 Å². The number of carbonyl (C=O) groups is 1. The summed E-state index contributed by atoms with van der Waals surface area (Å²) in [6.45, 7) is 3.05. The SMILES string of the molecule is CCCCOc1cccc(OCCCCC(F)(F)C(=O)c2cccnc2)c1. The van der Waals surface area contributed by atoms with Crippen molar-refractivity contribution in [3.05, 3.63) is 54.4 Å². The van der Waals surface area contributed by atoms with Gasteiger partial charge in [-0.15, -0.1) is 0 Å². The molecule has 0 fully saturated rings. The number of ketones is 1. The van der Waals surface area contributed by atoms with Crippen molar-refractivity contribution in [2.24, 2.45) is 0 Å². The first-order valence-electron chi connectivity index (χ1n) is 9.21. The second-order valence-corrected chi connectivity index (χ2v) is 6.26. The highest BCUT2D eigenvalue weighted by molar-refractivity contribution is 6.00. The number of halogens is 2. The highest BCUT2D eigenvalue weighted by atomic mass is 19.3. The Kier molecular flexibility index (Phi) is 8.17. The third-order valence-electron chi connectivity index (χ3n) is 3.98. The molecule has 0 bridgehead atoms. The van der Waals surface area contributed by atoms with Crippen LogP contribution in [-0.2, 0) is 0 Å². The van der Waals surface area contributed by atoms with Crippen LogP contribution in [-0.4, -0.2) is 29.9 Å². The van der Waals surface area contributed by atoms with E-state index in [4.69, 9.17) is 9.47 Å². The molecule has 0 aliphatic rings. The van der Waals surface area contributed by atoms with Crippen LogP contribution in [0.15, 0.2) is 48.8 Å². The molecule has 6 heteroatoms. The number of nitrogens with zero attached hydrogens (tertiary/aromatic N) is 1. The fraction of sp³-hybridized carbons (Fsp3) is 0.429. The minimum Gasteiger partial charge on any atom is -0.493 e. The number of pyridine rings is 1. The number of Topliss-reactive ketones (excluding diaryl/α,β-unsaturated/α-hetero) is 1. The summed E-state index contributed by atoms with van der Waals surface area (Å²) in [4.78, 5) is 15.6. The van der Waals surface area contributed by atoms with Gasteiger partial charge in [0.05, 0.1) is 13.2 Å². The first-order chi connectivity index (χ1) is 13.0. The number of alkyl halides is 2. The topological polar surface area (TPSA) is 48.4 Å². The Labute approximate surface area is 158 Å². The van der Waals surface area contributed by atoms with Crippen LogP contribution in [0.25, 0.3) is 0 Å². The summed E-state index contributed by atoms with van der Waals surface area (Å²) in [5.41, 5.74) is -0.0707. The van der Waals surface area contributed by atoms with Crippen LogP contribution in [0.4, 0.5) is 8.78 Å². The Balaban J connectivity index is 1.72. The summed E-state index contributed by atoms with van der Waals surface area (Å²) >= 11 is 0. The molecule has 0 aliphatic heterocycles. The number of carbonyl (C=O) groups excluding carboxylic acids is 1. The van der Waals surface area contributed by atoms with E-state index in [-0.39, 0.29) is 12.0 Å². The van der Waals surface area contributed by atoms with E-state index >= 15 is 0 Å². The lowest BCUT2D eigenvalue weighted by molar-refractivity contribution is 0.00295. The van der Waals surface area contributed by atoms with Crippen molar-refractivity contribution in [1.29, 1.82) is 0 Å². The largest absolute Gasteiger partial charge is 0.493 e. The molecule has 1 heterocycles. The zero-order chi connectivity index (χ0) is 19.5. The molecule has 2 aromatic rings. The fourth-order valence-electron chi connectivity index (χ4n) is 2.45. The molecule has 27 heavy (non-hydrogen) atoms. The van der Waals surface area contributed by atoms with E-state index in [0.717, 1.165) is 24.8 Å². The summed E-state index contributed by atoms with van der Waals surface area (Å²) in [5, 5.41) is 0. The lowest BCUT2D eigenvalue weighted by Crippen LogP contribution is -2.28. The van der Waals surface area contributed by atoms with Crippen molar-refractivity contribution < 1.29 is 23.0 Å². The van der Waals surface area contributed by atoms with Crippen LogP contribution in [0, 0.1) is 0 Å². The number of rotatable bonds is 12. The Morgan fingerprint density at radius 1 is 1.04 bits per heavy atom. The zero-order valence-corrected chi connectivity index (χ0v) is 15.5. The van der Waals surface area contributed by atoms with Gasteiger partial charge in [-0.25, -0.2) is 0 Å². The second kappa shape index (κ2) is 10.6. The Bertz CT molecular complexity index is 708. The van der Waals surface area contributed by atoms with Crippen molar-refractivity contribution in [3.8, 4) is 11.5 Å². The maximum atomic E-state index is 14.0. The van der Waals surface area contributed by atoms with E-state index in [2.05, 4.69) is 11.9 Å². The van der Waals surface area contributed by atoms with Gasteiger partial charge >= 0.3 is 5.92 Å². The Hall–Kier alpha value is -2.50. The molecule has 4 nitrogen and oxygen atoms in total. The molecule has 146 valence electrons. The van der Waals surface area contributed by atoms with Crippen LogP contribution in [0.3, 0.4) is 0 Å². The van der Waals surface area contributed by atoms with Gasteiger partial charge in [0.1, 0.15) is 11.5 Å². The maximum absolute atomic E-state index is 14.0. The molecule has 0 saturated heterocycles. The number of hydrogen-bond acceptors (Lipinski definition) is 4. The number of benzene rings is 1. The van der Waals surface area contributed by atoms with Gasteiger partial charge < -0.3 is 9.47 Å². The van der Waals surface area contributed by atoms with Crippen LogP contribution >= 0.6 is 0 Å². The van der Waals surface area contributed by atoms with Crippen LogP contribution in [0.5, 0.6) is 11.5 Å². The van der Waals surface area contributed by atoms with Crippen LogP contribution in [0.2, 0.25) is 0 Å². The molecule has 0 amide bonds. The molecule has 0 radical (unpaired) electrons. The number of ether oxygens (including phenoxy) is 2. The minimum atomic E-state index is -3.39.